The molecule has 1 aliphatic rings. The molecular weight excluding hydrogens is 348 g/mol. The molecule has 1 fully saturated rings. The van der Waals surface area contributed by atoms with Crippen LogP contribution < -0.4 is 5.56 Å². The lowest BCUT2D eigenvalue weighted by Crippen LogP contribution is -2.45. The molecule has 0 unspecified atom stereocenters. The Morgan fingerprint density at radius 3 is 2.25 bits per heavy atom. The summed E-state index contributed by atoms with van der Waals surface area (Å²) in [5.74, 6) is 1.33. The van der Waals surface area contributed by atoms with Crippen LogP contribution in [0.2, 0.25) is 0 Å². The molecular formula is C23H28N4O. The topological polar surface area (TPSA) is 52.2 Å². The predicted molar refractivity (Wildman–Crippen MR) is 113 cm³/mol. The van der Waals surface area contributed by atoms with E-state index < -0.39 is 0 Å². The number of nitrogens with zero attached hydrogens (tertiary/aromatic N) is 3. The normalized spacial score (nSPS) is 16.1. The van der Waals surface area contributed by atoms with Gasteiger partial charge in [-0.15, -0.1) is 0 Å². The maximum absolute atomic E-state index is 12.2. The van der Waals surface area contributed by atoms with Gasteiger partial charge in [0, 0.05) is 32.7 Å². The second-order valence-electron chi connectivity index (χ2n) is 7.98. The largest absolute Gasteiger partial charge is 0.309 e. The monoisotopic (exact) mass is 376 g/mol. The first-order valence-corrected chi connectivity index (χ1v) is 10.1. The molecule has 0 saturated carbocycles. The molecule has 3 aromatic rings. The molecule has 0 bridgehead atoms. The Morgan fingerprint density at radius 1 is 0.929 bits per heavy atom. The lowest BCUT2D eigenvalue weighted by molar-refractivity contribution is 0.120. The number of para-hydroxylation sites is 1. The minimum Gasteiger partial charge on any atom is -0.309 e. The van der Waals surface area contributed by atoms with Crippen LogP contribution in [0.25, 0.3) is 10.9 Å². The second kappa shape index (κ2) is 8.25. The fourth-order valence-electron chi connectivity index (χ4n) is 3.79. The zero-order chi connectivity index (χ0) is 19.5. The SMILES string of the molecule is CC(C)c1ccc(CN2CCN(Cc3nc4ccccc4c(=O)[nH]3)CC2)cc1. The third-order valence-corrected chi connectivity index (χ3v) is 5.55. The van der Waals surface area contributed by atoms with Crippen molar-refractivity contribution in [3.8, 4) is 0 Å². The standard InChI is InChI=1S/C23H28N4O/c1-17(2)19-9-7-18(8-10-19)15-26-11-13-27(14-12-26)16-22-24-21-6-4-3-5-20(21)23(28)25-22/h3-10,17H,11-16H2,1-2H3,(H,24,25,28). The molecule has 28 heavy (non-hydrogen) atoms. The number of fused-ring (bicyclic) bond motifs is 1. The van der Waals surface area contributed by atoms with Crippen LogP contribution in [0.3, 0.4) is 0 Å². The minimum atomic E-state index is -0.0518. The summed E-state index contributed by atoms with van der Waals surface area (Å²) in [6, 6.07) is 16.5. The van der Waals surface area contributed by atoms with Crippen LogP contribution in [0.15, 0.2) is 53.3 Å². The Balaban J connectivity index is 1.33. The van der Waals surface area contributed by atoms with Crippen LogP contribution >= 0.6 is 0 Å². The second-order valence-corrected chi connectivity index (χ2v) is 7.98. The van der Waals surface area contributed by atoms with Crippen molar-refractivity contribution in [2.75, 3.05) is 26.2 Å². The van der Waals surface area contributed by atoms with Gasteiger partial charge in [-0.1, -0.05) is 50.2 Å². The summed E-state index contributed by atoms with van der Waals surface area (Å²) in [6.07, 6.45) is 0. The molecule has 0 aliphatic carbocycles. The van der Waals surface area contributed by atoms with Gasteiger partial charge in [-0.05, 0) is 29.2 Å². The number of aromatic amines is 1. The first kappa shape index (κ1) is 18.8. The average Bonchev–Trinajstić information content (AvgIpc) is 2.70. The summed E-state index contributed by atoms with van der Waals surface area (Å²) >= 11 is 0. The van der Waals surface area contributed by atoms with E-state index in [-0.39, 0.29) is 5.56 Å². The smallest absolute Gasteiger partial charge is 0.258 e. The summed E-state index contributed by atoms with van der Waals surface area (Å²) in [7, 11) is 0. The quantitative estimate of drug-likeness (QED) is 0.742. The van der Waals surface area contributed by atoms with Crippen molar-refractivity contribution in [3.63, 3.8) is 0 Å². The van der Waals surface area contributed by atoms with Gasteiger partial charge in [0.1, 0.15) is 5.82 Å². The Kier molecular flexibility index (Phi) is 5.55. The molecule has 146 valence electrons. The van der Waals surface area contributed by atoms with Gasteiger partial charge in [-0.3, -0.25) is 14.6 Å². The highest BCUT2D eigenvalue weighted by atomic mass is 16.1. The van der Waals surface area contributed by atoms with Gasteiger partial charge in [0.15, 0.2) is 0 Å². The lowest BCUT2D eigenvalue weighted by atomic mass is 10.0. The summed E-state index contributed by atoms with van der Waals surface area (Å²) in [6.45, 7) is 10.2. The van der Waals surface area contributed by atoms with E-state index in [0.717, 1.165) is 44.1 Å². The van der Waals surface area contributed by atoms with E-state index in [2.05, 4.69) is 57.9 Å². The van der Waals surface area contributed by atoms with Gasteiger partial charge >= 0.3 is 0 Å². The fraction of sp³-hybridized carbons (Fsp3) is 0.391. The van der Waals surface area contributed by atoms with Crippen molar-refractivity contribution in [1.82, 2.24) is 19.8 Å². The number of H-pyrrole nitrogens is 1. The van der Waals surface area contributed by atoms with E-state index in [9.17, 15) is 4.79 Å². The molecule has 5 heteroatoms. The maximum Gasteiger partial charge on any atom is 0.258 e. The fourth-order valence-corrected chi connectivity index (χ4v) is 3.79. The summed E-state index contributed by atoms with van der Waals surface area (Å²) < 4.78 is 0. The van der Waals surface area contributed by atoms with Gasteiger partial charge in [-0.25, -0.2) is 4.98 Å². The van der Waals surface area contributed by atoms with Crippen molar-refractivity contribution in [2.45, 2.75) is 32.9 Å². The van der Waals surface area contributed by atoms with Crippen LogP contribution in [-0.2, 0) is 13.1 Å². The third kappa shape index (κ3) is 4.32. The van der Waals surface area contributed by atoms with E-state index in [0.29, 0.717) is 17.8 Å². The first-order chi connectivity index (χ1) is 13.6. The molecule has 2 aromatic carbocycles. The number of nitrogens with one attached hydrogen (secondary N) is 1. The summed E-state index contributed by atoms with van der Waals surface area (Å²) in [5.41, 5.74) is 3.48. The number of rotatable bonds is 5. The first-order valence-electron chi connectivity index (χ1n) is 10.1. The highest BCUT2D eigenvalue weighted by Crippen LogP contribution is 2.16. The van der Waals surface area contributed by atoms with Gasteiger partial charge < -0.3 is 4.98 Å². The Bertz CT molecular complexity index is 985. The average molecular weight is 377 g/mol. The van der Waals surface area contributed by atoms with Crippen LogP contribution in [0.1, 0.15) is 36.7 Å². The maximum atomic E-state index is 12.2. The number of hydrogen-bond donors (Lipinski definition) is 1. The molecule has 2 heterocycles. The molecule has 0 radical (unpaired) electrons. The molecule has 1 aromatic heterocycles. The van der Waals surface area contributed by atoms with Crippen LogP contribution in [0.5, 0.6) is 0 Å². The molecule has 0 spiro atoms. The minimum absolute atomic E-state index is 0.0518. The zero-order valence-electron chi connectivity index (χ0n) is 16.7. The third-order valence-electron chi connectivity index (χ3n) is 5.55. The zero-order valence-corrected chi connectivity index (χ0v) is 16.7. The van der Waals surface area contributed by atoms with E-state index in [1.165, 1.54) is 11.1 Å². The molecule has 5 nitrogen and oxygen atoms in total. The highest BCUT2D eigenvalue weighted by molar-refractivity contribution is 5.77. The van der Waals surface area contributed by atoms with E-state index in [1.54, 1.807) is 0 Å². The van der Waals surface area contributed by atoms with Crippen LogP contribution in [0, 0.1) is 0 Å². The predicted octanol–water partition coefficient (Wildman–Crippen LogP) is 3.36. The Hall–Kier alpha value is -2.50. The summed E-state index contributed by atoms with van der Waals surface area (Å²) in [4.78, 5) is 24.7. The lowest BCUT2D eigenvalue weighted by Gasteiger charge is -2.34. The number of piperazine rings is 1. The van der Waals surface area contributed by atoms with Crippen molar-refractivity contribution in [3.05, 3.63) is 75.8 Å². The van der Waals surface area contributed by atoms with Gasteiger partial charge in [0.2, 0.25) is 0 Å². The Labute approximate surface area is 166 Å². The van der Waals surface area contributed by atoms with E-state index in [4.69, 9.17) is 0 Å². The summed E-state index contributed by atoms with van der Waals surface area (Å²) in [5, 5.41) is 0.652. The van der Waals surface area contributed by atoms with Crippen molar-refractivity contribution >= 4 is 10.9 Å². The van der Waals surface area contributed by atoms with Gasteiger partial charge in [0.25, 0.3) is 5.56 Å². The number of hydrogen-bond acceptors (Lipinski definition) is 4. The van der Waals surface area contributed by atoms with Gasteiger partial charge in [-0.2, -0.15) is 0 Å². The van der Waals surface area contributed by atoms with E-state index in [1.807, 2.05) is 24.3 Å². The molecule has 0 atom stereocenters. The molecule has 0 amide bonds. The molecule has 4 rings (SSSR count). The van der Waals surface area contributed by atoms with Crippen molar-refractivity contribution < 1.29 is 0 Å². The molecule has 1 saturated heterocycles. The number of aromatic nitrogens is 2. The highest BCUT2D eigenvalue weighted by Gasteiger charge is 2.18. The van der Waals surface area contributed by atoms with E-state index >= 15 is 0 Å². The van der Waals surface area contributed by atoms with Gasteiger partial charge in [0.05, 0.1) is 17.4 Å². The molecule has 1 N–H and O–H groups in total. The van der Waals surface area contributed by atoms with Crippen LogP contribution in [0.4, 0.5) is 0 Å². The van der Waals surface area contributed by atoms with Crippen molar-refractivity contribution in [1.29, 1.82) is 0 Å². The van der Waals surface area contributed by atoms with Crippen molar-refractivity contribution in [2.24, 2.45) is 0 Å². The number of benzene rings is 2. The Morgan fingerprint density at radius 2 is 1.57 bits per heavy atom. The van der Waals surface area contributed by atoms with Crippen LogP contribution in [-0.4, -0.2) is 45.9 Å². The molecule has 1 aliphatic heterocycles.